The number of amides is 1. The van der Waals surface area contributed by atoms with Gasteiger partial charge in [0.05, 0.1) is 5.56 Å². The van der Waals surface area contributed by atoms with E-state index in [1.165, 1.54) is 6.07 Å². The summed E-state index contributed by atoms with van der Waals surface area (Å²) in [7, 11) is 1.98. The Kier molecular flexibility index (Phi) is 3.54. The predicted octanol–water partition coefficient (Wildman–Crippen LogP) is 1.53. The lowest BCUT2D eigenvalue weighted by Crippen LogP contribution is -2.58. The number of rotatable bonds is 1. The van der Waals surface area contributed by atoms with Gasteiger partial charge in [-0.05, 0) is 27.0 Å². The maximum Gasteiger partial charge on any atom is 0.257 e. The van der Waals surface area contributed by atoms with Gasteiger partial charge in [0, 0.05) is 31.4 Å². The van der Waals surface area contributed by atoms with Crippen molar-refractivity contribution in [2.24, 2.45) is 0 Å². The van der Waals surface area contributed by atoms with E-state index >= 15 is 0 Å². The SMILES string of the molecule is CN1CCN(C(=O)c2ccnc(F)c2F)CC1(C)C. The monoisotopic (exact) mass is 269 g/mol. The van der Waals surface area contributed by atoms with Crippen LogP contribution in [-0.2, 0) is 0 Å². The highest BCUT2D eigenvalue weighted by atomic mass is 19.2. The predicted molar refractivity (Wildman–Crippen MR) is 66.8 cm³/mol. The molecular formula is C13H17F2N3O. The Balaban J connectivity index is 2.23. The van der Waals surface area contributed by atoms with Crippen LogP contribution in [0.3, 0.4) is 0 Å². The van der Waals surface area contributed by atoms with Crippen LogP contribution < -0.4 is 0 Å². The highest BCUT2D eigenvalue weighted by Crippen LogP contribution is 2.21. The second kappa shape index (κ2) is 4.85. The van der Waals surface area contributed by atoms with E-state index in [0.29, 0.717) is 19.6 Å². The molecule has 0 unspecified atom stereocenters. The van der Waals surface area contributed by atoms with Crippen molar-refractivity contribution in [2.45, 2.75) is 19.4 Å². The Bertz CT molecular complexity index is 505. The molecule has 0 aromatic carbocycles. The molecule has 0 N–H and O–H groups in total. The first-order valence-corrected chi connectivity index (χ1v) is 6.13. The zero-order valence-corrected chi connectivity index (χ0v) is 11.3. The number of halogens is 2. The van der Waals surface area contributed by atoms with Gasteiger partial charge >= 0.3 is 0 Å². The molecule has 1 aromatic rings. The van der Waals surface area contributed by atoms with Crippen molar-refractivity contribution >= 4 is 5.91 Å². The van der Waals surface area contributed by atoms with E-state index in [1.807, 2.05) is 20.9 Å². The molecule has 2 heterocycles. The Hall–Kier alpha value is -1.56. The van der Waals surface area contributed by atoms with Crippen LogP contribution in [0.2, 0.25) is 0 Å². The lowest BCUT2D eigenvalue weighted by Gasteiger charge is -2.45. The first kappa shape index (κ1) is 13.9. The topological polar surface area (TPSA) is 36.4 Å². The van der Waals surface area contributed by atoms with Gasteiger partial charge in [0.1, 0.15) is 0 Å². The summed E-state index contributed by atoms with van der Waals surface area (Å²) >= 11 is 0. The summed E-state index contributed by atoms with van der Waals surface area (Å²) in [6.07, 6.45) is 1.10. The van der Waals surface area contributed by atoms with E-state index < -0.39 is 17.7 Å². The number of carbonyl (C=O) groups is 1. The minimum absolute atomic E-state index is 0.185. The fourth-order valence-corrected chi connectivity index (χ4v) is 2.17. The molecular weight excluding hydrogens is 252 g/mol. The molecule has 1 aliphatic heterocycles. The number of likely N-dealkylation sites (N-methyl/N-ethyl adjacent to an activating group) is 1. The average molecular weight is 269 g/mol. The van der Waals surface area contributed by atoms with Gasteiger partial charge in [-0.2, -0.15) is 4.39 Å². The second-order valence-corrected chi connectivity index (χ2v) is 5.42. The molecule has 2 rings (SSSR count). The van der Waals surface area contributed by atoms with Crippen LogP contribution >= 0.6 is 0 Å². The first-order chi connectivity index (χ1) is 8.83. The Morgan fingerprint density at radius 1 is 1.37 bits per heavy atom. The number of hydrogen-bond acceptors (Lipinski definition) is 3. The zero-order chi connectivity index (χ0) is 14.2. The number of aromatic nitrogens is 1. The van der Waals surface area contributed by atoms with Crippen LogP contribution in [0.5, 0.6) is 0 Å². The van der Waals surface area contributed by atoms with Crippen molar-refractivity contribution in [2.75, 3.05) is 26.7 Å². The summed E-state index contributed by atoms with van der Waals surface area (Å²) in [4.78, 5) is 19.1. The largest absolute Gasteiger partial charge is 0.335 e. The lowest BCUT2D eigenvalue weighted by molar-refractivity contribution is 0.0307. The third-order valence-electron chi connectivity index (χ3n) is 3.68. The van der Waals surface area contributed by atoms with E-state index in [0.717, 1.165) is 6.20 Å². The van der Waals surface area contributed by atoms with E-state index in [-0.39, 0.29) is 11.1 Å². The van der Waals surface area contributed by atoms with Crippen LogP contribution in [-0.4, -0.2) is 52.9 Å². The van der Waals surface area contributed by atoms with Crippen LogP contribution in [0.4, 0.5) is 8.78 Å². The lowest BCUT2D eigenvalue weighted by atomic mass is 9.99. The van der Waals surface area contributed by atoms with E-state index in [2.05, 4.69) is 9.88 Å². The van der Waals surface area contributed by atoms with E-state index in [9.17, 15) is 13.6 Å². The van der Waals surface area contributed by atoms with E-state index in [4.69, 9.17) is 0 Å². The molecule has 0 bridgehead atoms. The minimum atomic E-state index is -1.24. The first-order valence-electron chi connectivity index (χ1n) is 6.13. The normalized spacial score (nSPS) is 19.5. The molecule has 6 heteroatoms. The summed E-state index contributed by atoms with van der Waals surface area (Å²) in [5.74, 6) is -2.90. The van der Waals surface area contributed by atoms with Gasteiger partial charge in [-0.1, -0.05) is 0 Å². The molecule has 4 nitrogen and oxygen atoms in total. The molecule has 1 saturated heterocycles. The molecule has 0 atom stereocenters. The Morgan fingerprint density at radius 3 is 2.68 bits per heavy atom. The molecule has 1 aromatic heterocycles. The Labute approximate surface area is 111 Å². The van der Waals surface area contributed by atoms with Crippen LogP contribution in [0.15, 0.2) is 12.3 Å². The molecule has 1 amide bonds. The summed E-state index contributed by atoms with van der Waals surface area (Å²) in [6.45, 7) is 5.70. The van der Waals surface area contributed by atoms with E-state index in [1.54, 1.807) is 4.90 Å². The van der Waals surface area contributed by atoms with Crippen molar-refractivity contribution in [1.82, 2.24) is 14.8 Å². The summed E-state index contributed by atoms with van der Waals surface area (Å²) in [5.41, 5.74) is -0.441. The maximum absolute atomic E-state index is 13.6. The molecule has 104 valence electrons. The summed E-state index contributed by atoms with van der Waals surface area (Å²) in [6, 6.07) is 1.21. The number of nitrogens with zero attached hydrogens (tertiary/aromatic N) is 3. The summed E-state index contributed by atoms with van der Waals surface area (Å²) < 4.78 is 26.6. The van der Waals surface area contributed by atoms with Gasteiger partial charge in [-0.15, -0.1) is 0 Å². The minimum Gasteiger partial charge on any atom is -0.335 e. The van der Waals surface area contributed by atoms with Crippen LogP contribution in [0, 0.1) is 11.8 Å². The third kappa shape index (κ3) is 2.58. The molecule has 1 aliphatic rings. The zero-order valence-electron chi connectivity index (χ0n) is 11.3. The van der Waals surface area contributed by atoms with Gasteiger partial charge < -0.3 is 4.90 Å². The van der Waals surface area contributed by atoms with Gasteiger partial charge in [-0.3, -0.25) is 9.69 Å². The Morgan fingerprint density at radius 2 is 2.05 bits per heavy atom. The standard InChI is InChI=1S/C13H17F2N3O/c1-13(2)8-18(7-6-17(13)3)12(19)9-4-5-16-11(15)10(9)14/h4-5H,6-8H2,1-3H3. The molecule has 0 radical (unpaired) electrons. The van der Waals surface area contributed by atoms with Crippen molar-refractivity contribution in [3.8, 4) is 0 Å². The molecule has 0 spiro atoms. The van der Waals surface area contributed by atoms with Crippen LogP contribution in [0.25, 0.3) is 0 Å². The van der Waals surface area contributed by atoms with Crippen molar-refractivity contribution in [3.05, 3.63) is 29.6 Å². The highest BCUT2D eigenvalue weighted by Gasteiger charge is 2.34. The fraction of sp³-hybridized carbons (Fsp3) is 0.538. The van der Waals surface area contributed by atoms with Gasteiger partial charge in [0.2, 0.25) is 5.95 Å². The van der Waals surface area contributed by atoms with Crippen molar-refractivity contribution in [1.29, 1.82) is 0 Å². The maximum atomic E-state index is 13.6. The molecule has 0 aliphatic carbocycles. The molecule has 1 fully saturated rings. The summed E-state index contributed by atoms with van der Waals surface area (Å²) in [5, 5.41) is 0. The molecule has 19 heavy (non-hydrogen) atoms. The second-order valence-electron chi connectivity index (χ2n) is 5.42. The number of hydrogen-bond donors (Lipinski definition) is 0. The third-order valence-corrected chi connectivity index (χ3v) is 3.68. The quantitative estimate of drug-likeness (QED) is 0.725. The average Bonchev–Trinajstić information content (AvgIpc) is 2.35. The van der Waals surface area contributed by atoms with Crippen molar-refractivity contribution < 1.29 is 13.6 Å². The van der Waals surface area contributed by atoms with Crippen molar-refractivity contribution in [3.63, 3.8) is 0 Å². The molecule has 0 saturated carbocycles. The van der Waals surface area contributed by atoms with Gasteiger partial charge in [0.25, 0.3) is 5.91 Å². The number of piperazine rings is 1. The highest BCUT2D eigenvalue weighted by molar-refractivity contribution is 5.94. The van der Waals surface area contributed by atoms with Gasteiger partial charge in [0.15, 0.2) is 5.82 Å². The number of carbonyl (C=O) groups excluding carboxylic acids is 1. The smallest absolute Gasteiger partial charge is 0.257 e. The number of pyridine rings is 1. The van der Waals surface area contributed by atoms with Crippen LogP contribution in [0.1, 0.15) is 24.2 Å². The van der Waals surface area contributed by atoms with Gasteiger partial charge in [-0.25, -0.2) is 9.37 Å². The fourth-order valence-electron chi connectivity index (χ4n) is 2.17.